The number of halogens is 2. The smallest absolute Gasteiger partial charge is 0.106 e. The molecule has 3 N–H and O–H groups in total. The Morgan fingerprint density at radius 3 is 2.58 bits per heavy atom. The van der Waals surface area contributed by atoms with Gasteiger partial charge in [-0.1, -0.05) is 47.6 Å². The highest BCUT2D eigenvalue weighted by atomic mass is 35.5. The predicted molar refractivity (Wildman–Crippen MR) is 86.8 cm³/mol. The summed E-state index contributed by atoms with van der Waals surface area (Å²) in [4.78, 5) is 0.287. The molecule has 0 saturated heterocycles. The van der Waals surface area contributed by atoms with Crippen molar-refractivity contribution in [3.8, 4) is 0 Å². The molecule has 2 aromatic carbocycles. The number of nitrogens with two attached hydrogens (primary N) is 1. The molecule has 2 aromatic rings. The quantitative estimate of drug-likeness (QED) is 0.808. The zero-order chi connectivity index (χ0) is 14.0. The summed E-state index contributed by atoms with van der Waals surface area (Å²) in [6, 6.07) is 11.0. The van der Waals surface area contributed by atoms with Crippen molar-refractivity contribution in [3.63, 3.8) is 0 Å². The molecule has 2 nitrogen and oxygen atoms in total. The molecule has 98 valence electrons. The average Bonchev–Trinajstić information content (AvgIpc) is 2.35. The molecule has 0 bridgehead atoms. The Bertz CT molecular complexity index is 621. The Balaban J connectivity index is 2.47. The van der Waals surface area contributed by atoms with Crippen LogP contribution in [0, 0.1) is 6.92 Å². The predicted octanol–water partition coefficient (Wildman–Crippen LogP) is 4.68. The van der Waals surface area contributed by atoms with Crippen LogP contribution in [0.2, 0.25) is 10.0 Å². The van der Waals surface area contributed by atoms with Crippen LogP contribution in [-0.4, -0.2) is 4.99 Å². The zero-order valence-corrected chi connectivity index (χ0v) is 12.5. The van der Waals surface area contributed by atoms with E-state index in [2.05, 4.69) is 5.32 Å². The molecule has 0 atom stereocenters. The Morgan fingerprint density at radius 1 is 1.21 bits per heavy atom. The molecule has 0 spiro atoms. The summed E-state index contributed by atoms with van der Waals surface area (Å²) in [6.45, 7) is 1.98. The van der Waals surface area contributed by atoms with E-state index in [9.17, 15) is 0 Å². The summed E-state index contributed by atoms with van der Waals surface area (Å²) >= 11 is 17.2. The molecule has 0 aliphatic heterocycles. The van der Waals surface area contributed by atoms with Crippen molar-refractivity contribution in [2.24, 2.45) is 5.73 Å². The number of para-hydroxylation sites is 1. The zero-order valence-electron chi connectivity index (χ0n) is 10.2. The molecule has 0 aromatic heterocycles. The highest BCUT2D eigenvalue weighted by Crippen LogP contribution is 2.31. The molecule has 5 heteroatoms. The largest absolute Gasteiger partial charge is 0.389 e. The molecule has 0 heterocycles. The van der Waals surface area contributed by atoms with Gasteiger partial charge in [0, 0.05) is 16.3 Å². The van der Waals surface area contributed by atoms with Crippen molar-refractivity contribution in [3.05, 3.63) is 57.6 Å². The molecule has 0 aliphatic carbocycles. The van der Waals surface area contributed by atoms with Crippen LogP contribution in [0.5, 0.6) is 0 Å². The van der Waals surface area contributed by atoms with Gasteiger partial charge in [0.2, 0.25) is 0 Å². The van der Waals surface area contributed by atoms with Crippen LogP contribution in [0.15, 0.2) is 36.4 Å². The number of hydrogen-bond donors (Lipinski definition) is 2. The lowest BCUT2D eigenvalue weighted by molar-refractivity contribution is 1.42. The van der Waals surface area contributed by atoms with E-state index in [1.54, 1.807) is 12.1 Å². The minimum absolute atomic E-state index is 0.287. The van der Waals surface area contributed by atoms with Crippen LogP contribution in [0.4, 0.5) is 11.4 Å². The van der Waals surface area contributed by atoms with E-state index < -0.39 is 0 Å². The van der Waals surface area contributed by atoms with E-state index in [0.29, 0.717) is 15.6 Å². The number of rotatable bonds is 3. The van der Waals surface area contributed by atoms with Gasteiger partial charge in [0.1, 0.15) is 4.99 Å². The number of benzene rings is 2. The van der Waals surface area contributed by atoms with Crippen molar-refractivity contribution < 1.29 is 0 Å². The first kappa shape index (κ1) is 14.1. The molecule has 0 amide bonds. The monoisotopic (exact) mass is 310 g/mol. The SMILES string of the molecule is Cc1cccc(Cl)c1Nc1ccc(Cl)cc1C(N)=S. The van der Waals surface area contributed by atoms with Crippen LogP contribution in [-0.2, 0) is 0 Å². The fourth-order valence-corrected chi connectivity index (χ4v) is 2.36. The van der Waals surface area contributed by atoms with E-state index in [1.807, 2.05) is 31.2 Å². The van der Waals surface area contributed by atoms with Crippen molar-refractivity contribution in [2.45, 2.75) is 6.92 Å². The van der Waals surface area contributed by atoms with E-state index in [4.69, 9.17) is 41.2 Å². The Hall–Kier alpha value is -1.29. The molecule has 0 aliphatic rings. The summed E-state index contributed by atoms with van der Waals surface area (Å²) < 4.78 is 0. The molecule has 0 radical (unpaired) electrons. The molecular weight excluding hydrogens is 299 g/mol. The first-order chi connectivity index (χ1) is 8.99. The van der Waals surface area contributed by atoms with Crippen molar-refractivity contribution >= 4 is 51.8 Å². The van der Waals surface area contributed by atoms with Gasteiger partial charge >= 0.3 is 0 Å². The third-order valence-corrected chi connectivity index (χ3v) is 3.50. The van der Waals surface area contributed by atoms with E-state index in [1.165, 1.54) is 0 Å². The highest BCUT2D eigenvalue weighted by molar-refractivity contribution is 7.80. The average molecular weight is 311 g/mol. The lowest BCUT2D eigenvalue weighted by Gasteiger charge is -2.14. The first-order valence-corrected chi connectivity index (χ1v) is 6.77. The van der Waals surface area contributed by atoms with Gasteiger partial charge in [0.05, 0.1) is 10.7 Å². The van der Waals surface area contributed by atoms with Gasteiger partial charge in [-0.3, -0.25) is 0 Å². The summed E-state index contributed by atoms with van der Waals surface area (Å²) in [5.74, 6) is 0. The molecule has 0 saturated carbocycles. The minimum atomic E-state index is 0.287. The van der Waals surface area contributed by atoms with Crippen LogP contribution in [0.3, 0.4) is 0 Å². The van der Waals surface area contributed by atoms with Crippen LogP contribution < -0.4 is 11.1 Å². The maximum Gasteiger partial charge on any atom is 0.106 e. The third kappa shape index (κ3) is 3.18. The fraction of sp³-hybridized carbons (Fsp3) is 0.0714. The Morgan fingerprint density at radius 2 is 1.95 bits per heavy atom. The standard InChI is InChI=1S/C14H12Cl2N2S/c1-8-3-2-4-11(16)13(8)18-12-6-5-9(15)7-10(12)14(17)19/h2-7,18H,1H3,(H2,17,19). The lowest BCUT2D eigenvalue weighted by atomic mass is 10.1. The highest BCUT2D eigenvalue weighted by Gasteiger charge is 2.09. The topological polar surface area (TPSA) is 38.0 Å². The van der Waals surface area contributed by atoms with E-state index in [0.717, 1.165) is 16.9 Å². The fourth-order valence-electron chi connectivity index (χ4n) is 1.75. The van der Waals surface area contributed by atoms with E-state index in [-0.39, 0.29) is 4.99 Å². The number of anilines is 2. The Labute approximate surface area is 127 Å². The van der Waals surface area contributed by atoms with Gasteiger partial charge < -0.3 is 11.1 Å². The van der Waals surface area contributed by atoms with E-state index >= 15 is 0 Å². The molecule has 2 rings (SSSR count). The summed E-state index contributed by atoms with van der Waals surface area (Å²) in [5.41, 5.74) is 9.07. The maximum atomic E-state index is 6.19. The second-order valence-electron chi connectivity index (χ2n) is 4.11. The van der Waals surface area contributed by atoms with Gasteiger partial charge in [-0.05, 0) is 36.8 Å². The van der Waals surface area contributed by atoms with Crippen LogP contribution >= 0.6 is 35.4 Å². The summed E-state index contributed by atoms with van der Waals surface area (Å²) in [7, 11) is 0. The molecule has 0 fully saturated rings. The normalized spacial score (nSPS) is 10.3. The van der Waals surface area contributed by atoms with Crippen molar-refractivity contribution in [2.75, 3.05) is 5.32 Å². The number of nitrogens with one attached hydrogen (secondary N) is 1. The molecular formula is C14H12Cl2N2S. The van der Waals surface area contributed by atoms with Gasteiger partial charge in [-0.15, -0.1) is 0 Å². The van der Waals surface area contributed by atoms with Crippen LogP contribution in [0.1, 0.15) is 11.1 Å². The van der Waals surface area contributed by atoms with Crippen LogP contribution in [0.25, 0.3) is 0 Å². The lowest BCUT2D eigenvalue weighted by Crippen LogP contribution is -2.12. The summed E-state index contributed by atoms with van der Waals surface area (Å²) in [5, 5.41) is 4.49. The van der Waals surface area contributed by atoms with Gasteiger partial charge in [-0.25, -0.2) is 0 Å². The van der Waals surface area contributed by atoms with Crippen molar-refractivity contribution in [1.29, 1.82) is 0 Å². The number of aryl methyl sites for hydroxylation is 1. The number of hydrogen-bond acceptors (Lipinski definition) is 2. The first-order valence-electron chi connectivity index (χ1n) is 5.60. The second-order valence-corrected chi connectivity index (χ2v) is 5.39. The second kappa shape index (κ2) is 5.78. The Kier molecular flexibility index (Phi) is 4.30. The van der Waals surface area contributed by atoms with Crippen molar-refractivity contribution in [1.82, 2.24) is 0 Å². The maximum absolute atomic E-state index is 6.19. The van der Waals surface area contributed by atoms with Gasteiger partial charge in [-0.2, -0.15) is 0 Å². The number of thiocarbonyl (C=S) groups is 1. The third-order valence-electron chi connectivity index (χ3n) is 2.73. The van der Waals surface area contributed by atoms with Gasteiger partial charge in [0.15, 0.2) is 0 Å². The van der Waals surface area contributed by atoms with Gasteiger partial charge in [0.25, 0.3) is 0 Å². The molecule has 19 heavy (non-hydrogen) atoms. The minimum Gasteiger partial charge on any atom is -0.389 e. The summed E-state index contributed by atoms with van der Waals surface area (Å²) in [6.07, 6.45) is 0. The molecule has 0 unspecified atom stereocenters.